The summed E-state index contributed by atoms with van der Waals surface area (Å²) in [4.78, 5) is 17.0. The third-order valence-electron chi connectivity index (χ3n) is 5.30. The summed E-state index contributed by atoms with van der Waals surface area (Å²) in [6.45, 7) is 4.28. The third kappa shape index (κ3) is 5.04. The number of rotatable bonds is 6. The number of carbonyl (C=O) groups excluding carboxylic acids is 1. The van der Waals surface area contributed by atoms with E-state index in [1.807, 2.05) is 53.4 Å². The highest BCUT2D eigenvalue weighted by Gasteiger charge is 2.21. The first-order valence-electron chi connectivity index (χ1n) is 10.1. The molecule has 0 N–H and O–H groups in total. The first-order valence-corrected chi connectivity index (χ1v) is 10.1. The summed E-state index contributed by atoms with van der Waals surface area (Å²) in [5.74, 6) is 0.794. The fourth-order valence-corrected chi connectivity index (χ4v) is 3.68. The zero-order valence-corrected chi connectivity index (χ0v) is 16.5. The molecule has 1 aliphatic rings. The molecule has 0 unspecified atom stereocenters. The first-order chi connectivity index (χ1) is 14.3. The van der Waals surface area contributed by atoms with Gasteiger partial charge in [-0.25, -0.2) is 0 Å². The zero-order chi connectivity index (χ0) is 19.9. The average molecular weight is 386 g/mol. The van der Waals surface area contributed by atoms with E-state index >= 15 is 0 Å². The van der Waals surface area contributed by atoms with Crippen molar-refractivity contribution >= 4 is 5.91 Å². The van der Waals surface area contributed by atoms with Crippen LogP contribution in [0.25, 0.3) is 11.1 Å². The van der Waals surface area contributed by atoms with Crippen molar-refractivity contribution in [2.75, 3.05) is 32.8 Å². The van der Waals surface area contributed by atoms with Gasteiger partial charge < -0.3 is 9.64 Å². The van der Waals surface area contributed by atoms with Gasteiger partial charge in [-0.05, 0) is 17.2 Å². The lowest BCUT2D eigenvalue weighted by Crippen LogP contribution is -2.49. The number of para-hydroxylation sites is 1. The summed E-state index contributed by atoms with van der Waals surface area (Å²) in [6.07, 6.45) is 0. The van der Waals surface area contributed by atoms with Crippen LogP contribution >= 0.6 is 0 Å². The van der Waals surface area contributed by atoms with E-state index in [0.29, 0.717) is 0 Å². The van der Waals surface area contributed by atoms with Crippen LogP contribution in [0.4, 0.5) is 0 Å². The number of amides is 1. The van der Waals surface area contributed by atoms with Crippen LogP contribution in [0.1, 0.15) is 5.56 Å². The monoisotopic (exact) mass is 386 g/mol. The largest absolute Gasteiger partial charge is 0.483 e. The smallest absolute Gasteiger partial charge is 0.260 e. The van der Waals surface area contributed by atoms with Crippen molar-refractivity contribution in [2.45, 2.75) is 6.54 Å². The number of carbonyl (C=O) groups is 1. The maximum atomic E-state index is 12.7. The van der Waals surface area contributed by atoms with Gasteiger partial charge in [-0.1, -0.05) is 78.9 Å². The number of benzene rings is 3. The number of nitrogens with zero attached hydrogens (tertiary/aromatic N) is 2. The van der Waals surface area contributed by atoms with Gasteiger partial charge in [0.2, 0.25) is 0 Å². The molecule has 0 aliphatic carbocycles. The second-order valence-corrected chi connectivity index (χ2v) is 7.29. The molecule has 29 heavy (non-hydrogen) atoms. The maximum absolute atomic E-state index is 12.7. The highest BCUT2D eigenvalue weighted by Crippen LogP contribution is 2.29. The van der Waals surface area contributed by atoms with Gasteiger partial charge in [-0.2, -0.15) is 0 Å². The van der Waals surface area contributed by atoms with E-state index in [4.69, 9.17) is 4.74 Å². The molecule has 3 aromatic carbocycles. The molecule has 148 valence electrons. The van der Waals surface area contributed by atoms with Gasteiger partial charge in [0.25, 0.3) is 5.91 Å². The van der Waals surface area contributed by atoms with E-state index in [1.54, 1.807) is 0 Å². The molecule has 4 nitrogen and oxygen atoms in total. The van der Waals surface area contributed by atoms with Crippen molar-refractivity contribution in [3.05, 3.63) is 90.5 Å². The summed E-state index contributed by atoms with van der Waals surface area (Å²) in [5, 5.41) is 0. The van der Waals surface area contributed by atoms with Crippen LogP contribution in [0, 0.1) is 0 Å². The van der Waals surface area contributed by atoms with Gasteiger partial charge in [-0.15, -0.1) is 0 Å². The van der Waals surface area contributed by atoms with Crippen molar-refractivity contribution in [1.29, 1.82) is 0 Å². The Labute approximate surface area is 172 Å². The Morgan fingerprint density at radius 2 is 1.38 bits per heavy atom. The van der Waals surface area contributed by atoms with Crippen LogP contribution < -0.4 is 4.74 Å². The van der Waals surface area contributed by atoms with Crippen LogP contribution in [0.3, 0.4) is 0 Å². The summed E-state index contributed by atoms with van der Waals surface area (Å²) in [7, 11) is 0. The van der Waals surface area contributed by atoms with E-state index in [-0.39, 0.29) is 12.5 Å². The lowest BCUT2D eigenvalue weighted by molar-refractivity contribution is -0.135. The van der Waals surface area contributed by atoms with Gasteiger partial charge in [-0.3, -0.25) is 9.69 Å². The number of hydrogen-bond acceptors (Lipinski definition) is 3. The molecule has 0 atom stereocenters. The molecule has 0 spiro atoms. The summed E-state index contributed by atoms with van der Waals surface area (Å²) in [6, 6.07) is 28.5. The van der Waals surface area contributed by atoms with E-state index in [0.717, 1.165) is 49.6 Å². The normalized spacial score (nSPS) is 14.6. The van der Waals surface area contributed by atoms with Crippen molar-refractivity contribution in [3.8, 4) is 16.9 Å². The summed E-state index contributed by atoms with van der Waals surface area (Å²) in [5.41, 5.74) is 3.41. The predicted octanol–water partition coefficient (Wildman–Crippen LogP) is 4.08. The molecule has 1 heterocycles. The molecule has 1 aliphatic heterocycles. The van der Waals surface area contributed by atoms with Crippen molar-refractivity contribution < 1.29 is 9.53 Å². The van der Waals surface area contributed by atoms with Gasteiger partial charge in [0.15, 0.2) is 6.61 Å². The molecule has 4 rings (SSSR count). The van der Waals surface area contributed by atoms with E-state index < -0.39 is 0 Å². The van der Waals surface area contributed by atoms with E-state index in [1.165, 1.54) is 5.56 Å². The number of hydrogen-bond donors (Lipinski definition) is 0. The van der Waals surface area contributed by atoms with Crippen LogP contribution in [0.5, 0.6) is 5.75 Å². The van der Waals surface area contributed by atoms with Gasteiger partial charge >= 0.3 is 0 Å². The Bertz CT molecular complexity index is 920. The topological polar surface area (TPSA) is 32.8 Å². The maximum Gasteiger partial charge on any atom is 0.260 e. The fourth-order valence-electron chi connectivity index (χ4n) is 3.68. The second-order valence-electron chi connectivity index (χ2n) is 7.29. The van der Waals surface area contributed by atoms with Gasteiger partial charge in [0.05, 0.1) is 0 Å². The Morgan fingerprint density at radius 3 is 2.10 bits per heavy atom. The van der Waals surface area contributed by atoms with Crippen molar-refractivity contribution in [2.24, 2.45) is 0 Å². The standard InChI is InChI=1S/C25H26N2O2/c28-25(27-17-15-26(16-18-27)19-21-9-3-1-4-10-21)20-29-24-14-8-7-13-23(24)22-11-5-2-6-12-22/h1-14H,15-20H2. The Balaban J connectivity index is 1.30. The van der Waals surface area contributed by atoms with Crippen LogP contribution in [-0.4, -0.2) is 48.5 Å². The minimum Gasteiger partial charge on any atom is -0.483 e. The average Bonchev–Trinajstić information content (AvgIpc) is 2.79. The zero-order valence-electron chi connectivity index (χ0n) is 16.5. The summed E-state index contributed by atoms with van der Waals surface area (Å²) >= 11 is 0. The lowest BCUT2D eigenvalue weighted by Gasteiger charge is -2.34. The van der Waals surface area contributed by atoms with E-state index in [9.17, 15) is 4.79 Å². The quantitative estimate of drug-likeness (QED) is 0.640. The molecular formula is C25H26N2O2. The molecule has 0 saturated carbocycles. The molecule has 0 bridgehead atoms. The second kappa shape index (κ2) is 9.39. The third-order valence-corrected chi connectivity index (χ3v) is 5.30. The highest BCUT2D eigenvalue weighted by atomic mass is 16.5. The van der Waals surface area contributed by atoms with Crippen LogP contribution in [0.2, 0.25) is 0 Å². The minimum atomic E-state index is 0.0484. The molecule has 0 aromatic heterocycles. The highest BCUT2D eigenvalue weighted by molar-refractivity contribution is 5.78. The van der Waals surface area contributed by atoms with Crippen molar-refractivity contribution in [1.82, 2.24) is 9.80 Å². The molecule has 1 saturated heterocycles. The molecular weight excluding hydrogens is 360 g/mol. The summed E-state index contributed by atoms with van der Waals surface area (Å²) < 4.78 is 5.92. The molecule has 0 radical (unpaired) electrons. The lowest BCUT2D eigenvalue weighted by atomic mass is 10.1. The number of ether oxygens (including phenoxy) is 1. The van der Waals surface area contributed by atoms with Crippen LogP contribution in [-0.2, 0) is 11.3 Å². The predicted molar refractivity (Wildman–Crippen MR) is 116 cm³/mol. The Morgan fingerprint density at radius 1 is 0.759 bits per heavy atom. The van der Waals surface area contributed by atoms with Crippen molar-refractivity contribution in [3.63, 3.8) is 0 Å². The molecule has 1 amide bonds. The Kier molecular flexibility index (Phi) is 6.22. The van der Waals surface area contributed by atoms with E-state index in [2.05, 4.69) is 41.3 Å². The SMILES string of the molecule is O=C(COc1ccccc1-c1ccccc1)N1CCN(Cc2ccccc2)CC1. The molecule has 3 aromatic rings. The molecule has 4 heteroatoms. The van der Waals surface area contributed by atoms with Gasteiger partial charge in [0, 0.05) is 38.3 Å². The minimum absolute atomic E-state index is 0.0484. The number of piperazine rings is 1. The fraction of sp³-hybridized carbons (Fsp3) is 0.240. The van der Waals surface area contributed by atoms with Crippen LogP contribution in [0.15, 0.2) is 84.9 Å². The van der Waals surface area contributed by atoms with Gasteiger partial charge in [0.1, 0.15) is 5.75 Å². The Hall–Kier alpha value is -3.11. The molecule has 1 fully saturated rings. The first kappa shape index (κ1) is 19.2.